The van der Waals surface area contributed by atoms with Crippen LogP contribution >= 0.6 is 0 Å². The van der Waals surface area contributed by atoms with Gasteiger partial charge in [-0.3, -0.25) is 19.6 Å². The molecule has 33 heavy (non-hydrogen) atoms. The minimum absolute atomic E-state index is 0.177. The molecule has 176 valence electrons. The molecule has 0 spiro atoms. The van der Waals surface area contributed by atoms with Gasteiger partial charge in [-0.1, -0.05) is 18.9 Å². The minimum atomic E-state index is -4.08. The van der Waals surface area contributed by atoms with Crippen LogP contribution in [-0.4, -0.2) is 37.4 Å². The van der Waals surface area contributed by atoms with Crippen molar-refractivity contribution < 1.29 is 27.7 Å². The lowest BCUT2D eigenvalue weighted by atomic mass is 9.97. The molecular formula is C22H25N3O7S. The Kier molecular flexibility index (Phi) is 7.01. The number of nitro benzene ring substituents is 1. The fourth-order valence-corrected chi connectivity index (χ4v) is 4.85. The molecule has 1 fully saturated rings. The topological polar surface area (TPSA) is 145 Å². The number of hydrogen-bond acceptors (Lipinski definition) is 7. The Hall–Kier alpha value is -3.47. The first-order chi connectivity index (χ1) is 15.6. The summed E-state index contributed by atoms with van der Waals surface area (Å²) in [6, 6.07) is 9.31. The maximum atomic E-state index is 12.7. The van der Waals surface area contributed by atoms with E-state index in [1.807, 2.05) is 0 Å². The van der Waals surface area contributed by atoms with E-state index >= 15 is 0 Å². The summed E-state index contributed by atoms with van der Waals surface area (Å²) in [4.78, 5) is 35.4. The van der Waals surface area contributed by atoms with E-state index in [0.29, 0.717) is 18.4 Å². The van der Waals surface area contributed by atoms with E-state index in [1.165, 1.54) is 43.3 Å². The Balaban J connectivity index is 1.75. The summed E-state index contributed by atoms with van der Waals surface area (Å²) >= 11 is 0. The molecule has 0 unspecified atom stereocenters. The fourth-order valence-electron chi connectivity index (χ4n) is 3.77. The summed E-state index contributed by atoms with van der Waals surface area (Å²) in [7, 11) is -4.08. The summed E-state index contributed by atoms with van der Waals surface area (Å²) < 4.78 is 32.8. The highest BCUT2D eigenvalue weighted by atomic mass is 32.2. The average Bonchev–Trinajstić information content (AvgIpc) is 3.24. The molecule has 2 aromatic rings. The SMILES string of the molecule is CCOC(=O)C1(NC(=O)c2ccc(NS(=O)(=O)c3ccc(C)c([N+](=O)[O-])c3)cc2)CCCC1. The number of nitrogens with one attached hydrogen (secondary N) is 2. The predicted octanol–water partition coefficient (Wildman–Crippen LogP) is 3.31. The van der Waals surface area contributed by atoms with Gasteiger partial charge in [0.15, 0.2) is 0 Å². The lowest BCUT2D eigenvalue weighted by Gasteiger charge is -2.27. The second-order valence-corrected chi connectivity index (χ2v) is 9.53. The second kappa shape index (κ2) is 9.57. The maximum Gasteiger partial charge on any atom is 0.331 e. The van der Waals surface area contributed by atoms with E-state index < -0.39 is 32.4 Å². The maximum absolute atomic E-state index is 12.7. The highest BCUT2D eigenvalue weighted by Crippen LogP contribution is 2.31. The number of anilines is 1. The van der Waals surface area contributed by atoms with Crippen molar-refractivity contribution in [2.75, 3.05) is 11.3 Å². The predicted molar refractivity (Wildman–Crippen MR) is 120 cm³/mol. The second-order valence-electron chi connectivity index (χ2n) is 7.85. The Morgan fingerprint density at radius 1 is 1.12 bits per heavy atom. The zero-order chi connectivity index (χ0) is 24.2. The van der Waals surface area contributed by atoms with Crippen molar-refractivity contribution in [1.29, 1.82) is 0 Å². The zero-order valence-electron chi connectivity index (χ0n) is 18.3. The quantitative estimate of drug-likeness (QED) is 0.338. The number of nitrogens with zero attached hydrogens (tertiary/aromatic N) is 1. The zero-order valence-corrected chi connectivity index (χ0v) is 19.1. The largest absolute Gasteiger partial charge is 0.464 e. The van der Waals surface area contributed by atoms with E-state index in [9.17, 15) is 28.1 Å². The van der Waals surface area contributed by atoms with Crippen LogP contribution in [0, 0.1) is 17.0 Å². The highest BCUT2D eigenvalue weighted by Gasteiger charge is 2.44. The van der Waals surface area contributed by atoms with Gasteiger partial charge in [0.05, 0.1) is 16.4 Å². The number of amides is 1. The molecule has 0 radical (unpaired) electrons. The number of carbonyl (C=O) groups excluding carboxylic acids is 2. The van der Waals surface area contributed by atoms with Gasteiger partial charge in [0.2, 0.25) is 0 Å². The van der Waals surface area contributed by atoms with E-state index in [1.54, 1.807) is 6.92 Å². The molecule has 1 amide bonds. The Bertz CT molecular complexity index is 1170. The molecule has 1 saturated carbocycles. The normalized spacial score (nSPS) is 15.0. The third-order valence-corrected chi connectivity index (χ3v) is 6.94. The number of aryl methyl sites for hydroxylation is 1. The molecule has 0 saturated heterocycles. The molecule has 1 aliphatic carbocycles. The van der Waals surface area contributed by atoms with Crippen LogP contribution in [0.25, 0.3) is 0 Å². The Labute approximate surface area is 191 Å². The summed E-state index contributed by atoms with van der Waals surface area (Å²) in [5.74, 6) is -0.916. The van der Waals surface area contributed by atoms with E-state index in [-0.39, 0.29) is 28.4 Å². The molecule has 0 atom stereocenters. The minimum Gasteiger partial charge on any atom is -0.464 e. The third-order valence-electron chi connectivity index (χ3n) is 5.56. The number of nitro groups is 1. The van der Waals surface area contributed by atoms with Crippen LogP contribution in [0.2, 0.25) is 0 Å². The van der Waals surface area contributed by atoms with Crippen molar-refractivity contribution in [1.82, 2.24) is 5.32 Å². The highest BCUT2D eigenvalue weighted by molar-refractivity contribution is 7.92. The van der Waals surface area contributed by atoms with Crippen molar-refractivity contribution in [3.63, 3.8) is 0 Å². The first-order valence-electron chi connectivity index (χ1n) is 10.5. The number of esters is 1. The molecule has 10 nitrogen and oxygen atoms in total. The van der Waals surface area contributed by atoms with Gasteiger partial charge in [-0.2, -0.15) is 0 Å². The standard InChI is InChI=1S/C22H25N3O7S/c1-3-32-21(27)22(12-4-5-13-22)23-20(26)16-7-9-17(10-8-16)24-33(30,31)18-11-6-15(2)19(14-18)25(28)29/h6-11,14,24H,3-5,12-13H2,1-2H3,(H,23,26). The Morgan fingerprint density at radius 2 is 1.76 bits per heavy atom. The van der Waals surface area contributed by atoms with Crippen LogP contribution in [0.4, 0.5) is 11.4 Å². The molecule has 0 bridgehead atoms. The number of benzene rings is 2. The van der Waals surface area contributed by atoms with Gasteiger partial charge in [0.25, 0.3) is 21.6 Å². The van der Waals surface area contributed by atoms with Gasteiger partial charge in [-0.05, 0) is 57.0 Å². The van der Waals surface area contributed by atoms with Gasteiger partial charge in [-0.15, -0.1) is 0 Å². The lowest BCUT2D eigenvalue weighted by molar-refractivity contribution is -0.385. The van der Waals surface area contributed by atoms with Gasteiger partial charge in [0.1, 0.15) is 5.54 Å². The summed E-state index contributed by atoms with van der Waals surface area (Å²) in [6.07, 6.45) is 2.60. The van der Waals surface area contributed by atoms with Crippen molar-refractivity contribution in [2.45, 2.75) is 50.0 Å². The van der Waals surface area contributed by atoms with Crippen LogP contribution < -0.4 is 10.0 Å². The molecular weight excluding hydrogens is 450 g/mol. The summed E-state index contributed by atoms with van der Waals surface area (Å²) in [5, 5.41) is 13.9. The molecule has 0 aromatic heterocycles. The number of hydrogen-bond donors (Lipinski definition) is 2. The molecule has 2 aromatic carbocycles. The van der Waals surface area contributed by atoms with Crippen LogP contribution in [0.3, 0.4) is 0 Å². The molecule has 3 rings (SSSR count). The third kappa shape index (κ3) is 5.30. The van der Waals surface area contributed by atoms with E-state index in [2.05, 4.69) is 10.0 Å². The van der Waals surface area contributed by atoms with Gasteiger partial charge in [0, 0.05) is 22.9 Å². The first-order valence-corrected chi connectivity index (χ1v) is 11.9. The lowest BCUT2D eigenvalue weighted by Crippen LogP contribution is -2.53. The average molecular weight is 476 g/mol. The van der Waals surface area contributed by atoms with Gasteiger partial charge >= 0.3 is 5.97 Å². The van der Waals surface area contributed by atoms with Crippen molar-refractivity contribution in [3.05, 3.63) is 63.7 Å². The summed E-state index contributed by atoms with van der Waals surface area (Å²) in [6.45, 7) is 3.44. The van der Waals surface area contributed by atoms with E-state index in [4.69, 9.17) is 4.74 Å². The fraction of sp³-hybridized carbons (Fsp3) is 0.364. The number of rotatable bonds is 8. The number of sulfonamides is 1. The van der Waals surface area contributed by atoms with Crippen LogP contribution in [0.15, 0.2) is 47.4 Å². The molecule has 0 aliphatic heterocycles. The Morgan fingerprint density at radius 3 is 2.33 bits per heavy atom. The molecule has 11 heteroatoms. The van der Waals surface area contributed by atoms with Crippen LogP contribution in [0.5, 0.6) is 0 Å². The molecule has 1 aliphatic rings. The monoisotopic (exact) mass is 475 g/mol. The van der Waals surface area contributed by atoms with E-state index in [0.717, 1.165) is 18.9 Å². The van der Waals surface area contributed by atoms with Crippen LogP contribution in [-0.2, 0) is 19.6 Å². The van der Waals surface area contributed by atoms with Gasteiger partial charge < -0.3 is 10.1 Å². The first kappa shape index (κ1) is 24.2. The van der Waals surface area contributed by atoms with Crippen LogP contribution in [0.1, 0.15) is 48.5 Å². The smallest absolute Gasteiger partial charge is 0.331 e. The number of ether oxygens (including phenoxy) is 1. The van der Waals surface area contributed by atoms with Crippen molar-refractivity contribution in [3.8, 4) is 0 Å². The van der Waals surface area contributed by atoms with Crippen molar-refractivity contribution in [2.24, 2.45) is 0 Å². The number of carbonyl (C=O) groups is 2. The molecule has 0 heterocycles. The molecule has 2 N–H and O–H groups in total. The van der Waals surface area contributed by atoms with Gasteiger partial charge in [-0.25, -0.2) is 13.2 Å². The van der Waals surface area contributed by atoms with Crippen molar-refractivity contribution >= 4 is 33.3 Å². The summed E-state index contributed by atoms with van der Waals surface area (Å²) in [5.41, 5.74) is -0.576.